The first-order valence-electron chi connectivity index (χ1n) is 7.73. The lowest BCUT2D eigenvalue weighted by molar-refractivity contribution is 0.108. The Kier molecular flexibility index (Phi) is 3.79. The van der Waals surface area contributed by atoms with E-state index in [4.69, 9.17) is 5.41 Å². The molecule has 20 heavy (non-hydrogen) atoms. The van der Waals surface area contributed by atoms with E-state index in [-0.39, 0.29) is 0 Å². The zero-order valence-electron chi connectivity index (χ0n) is 12.4. The Labute approximate surface area is 122 Å². The predicted molar refractivity (Wildman–Crippen MR) is 83.0 cm³/mol. The van der Waals surface area contributed by atoms with Crippen molar-refractivity contribution in [1.82, 2.24) is 9.80 Å². The third-order valence-corrected chi connectivity index (χ3v) is 5.08. The molecule has 2 fully saturated rings. The van der Waals surface area contributed by atoms with Crippen molar-refractivity contribution >= 4 is 5.84 Å². The minimum absolute atomic E-state index is 0.496. The average molecular weight is 271 g/mol. The molecule has 1 aromatic rings. The first-order chi connectivity index (χ1) is 9.67. The van der Waals surface area contributed by atoms with E-state index >= 15 is 0 Å². The van der Waals surface area contributed by atoms with Gasteiger partial charge in [-0.25, -0.2) is 0 Å². The van der Waals surface area contributed by atoms with Gasteiger partial charge in [0.05, 0.1) is 5.84 Å². The van der Waals surface area contributed by atoms with E-state index < -0.39 is 0 Å². The highest BCUT2D eigenvalue weighted by Crippen LogP contribution is 2.40. The van der Waals surface area contributed by atoms with Gasteiger partial charge in [-0.1, -0.05) is 30.3 Å². The van der Waals surface area contributed by atoms with Crippen molar-refractivity contribution in [3.63, 3.8) is 0 Å². The van der Waals surface area contributed by atoms with Gasteiger partial charge >= 0.3 is 0 Å². The summed E-state index contributed by atoms with van der Waals surface area (Å²) in [5.41, 5.74) is 1.92. The lowest BCUT2D eigenvalue weighted by Gasteiger charge is -2.39. The van der Waals surface area contributed by atoms with Gasteiger partial charge in [-0.3, -0.25) is 10.3 Å². The SMILES string of the molecule is CC(=N)N1CCC2(CCN(Cc3ccccc3)CC2)C1. The van der Waals surface area contributed by atoms with Gasteiger partial charge in [-0.15, -0.1) is 0 Å². The second-order valence-electron chi connectivity index (χ2n) is 6.52. The second kappa shape index (κ2) is 5.57. The molecule has 2 aliphatic heterocycles. The number of nitrogens with zero attached hydrogens (tertiary/aromatic N) is 2. The molecule has 0 unspecified atom stereocenters. The third kappa shape index (κ3) is 2.88. The van der Waals surface area contributed by atoms with Crippen molar-refractivity contribution < 1.29 is 0 Å². The number of benzene rings is 1. The highest BCUT2D eigenvalue weighted by atomic mass is 15.2. The quantitative estimate of drug-likeness (QED) is 0.662. The van der Waals surface area contributed by atoms with Crippen molar-refractivity contribution in [2.75, 3.05) is 26.2 Å². The smallest absolute Gasteiger partial charge is 0.0926 e. The average Bonchev–Trinajstić information content (AvgIpc) is 2.87. The lowest BCUT2D eigenvalue weighted by atomic mass is 9.77. The summed E-state index contributed by atoms with van der Waals surface area (Å²) in [7, 11) is 0. The second-order valence-corrected chi connectivity index (χ2v) is 6.52. The van der Waals surface area contributed by atoms with Gasteiger partial charge < -0.3 is 4.90 Å². The van der Waals surface area contributed by atoms with E-state index in [1.807, 2.05) is 6.92 Å². The maximum Gasteiger partial charge on any atom is 0.0926 e. The number of piperidine rings is 1. The summed E-state index contributed by atoms with van der Waals surface area (Å²) >= 11 is 0. The molecule has 0 radical (unpaired) electrons. The number of rotatable bonds is 2. The molecular weight excluding hydrogens is 246 g/mol. The third-order valence-electron chi connectivity index (χ3n) is 5.08. The van der Waals surface area contributed by atoms with E-state index in [1.54, 1.807) is 0 Å². The number of amidine groups is 1. The van der Waals surface area contributed by atoms with Crippen LogP contribution < -0.4 is 0 Å². The molecular formula is C17H25N3. The summed E-state index contributed by atoms with van der Waals surface area (Å²) in [6, 6.07) is 10.8. The Hall–Kier alpha value is -1.35. The largest absolute Gasteiger partial charge is 0.360 e. The minimum atomic E-state index is 0.496. The number of likely N-dealkylation sites (tertiary alicyclic amines) is 2. The van der Waals surface area contributed by atoms with Crippen LogP contribution in [-0.2, 0) is 6.54 Å². The topological polar surface area (TPSA) is 30.3 Å². The monoisotopic (exact) mass is 271 g/mol. The molecule has 1 N–H and O–H groups in total. The highest BCUT2D eigenvalue weighted by molar-refractivity contribution is 5.76. The molecule has 3 nitrogen and oxygen atoms in total. The van der Waals surface area contributed by atoms with E-state index in [0.717, 1.165) is 25.5 Å². The van der Waals surface area contributed by atoms with Gasteiger partial charge in [0.25, 0.3) is 0 Å². The minimum Gasteiger partial charge on any atom is -0.360 e. The van der Waals surface area contributed by atoms with Crippen LogP contribution in [0.5, 0.6) is 0 Å². The molecule has 1 aromatic carbocycles. The standard InChI is InChI=1S/C17H25N3/c1-15(18)20-12-9-17(14-20)7-10-19(11-8-17)13-16-5-3-2-4-6-16/h2-6,18H,7-14H2,1H3. The van der Waals surface area contributed by atoms with Crippen LogP contribution in [0.15, 0.2) is 30.3 Å². The number of nitrogens with one attached hydrogen (secondary N) is 1. The Balaban J connectivity index is 1.54. The van der Waals surface area contributed by atoms with E-state index in [9.17, 15) is 0 Å². The molecule has 0 bridgehead atoms. The fraction of sp³-hybridized carbons (Fsp3) is 0.588. The Bertz CT molecular complexity index is 460. The molecule has 2 aliphatic rings. The lowest BCUT2D eigenvalue weighted by Crippen LogP contribution is -2.41. The number of hydrogen-bond donors (Lipinski definition) is 1. The van der Waals surface area contributed by atoms with Crippen LogP contribution in [0.1, 0.15) is 31.7 Å². The molecule has 1 spiro atoms. The predicted octanol–water partition coefficient (Wildman–Crippen LogP) is 2.97. The van der Waals surface area contributed by atoms with Crippen LogP contribution in [0.3, 0.4) is 0 Å². The van der Waals surface area contributed by atoms with E-state index in [1.165, 1.54) is 37.9 Å². The van der Waals surface area contributed by atoms with Crippen LogP contribution in [-0.4, -0.2) is 41.8 Å². The molecule has 0 atom stereocenters. The van der Waals surface area contributed by atoms with Crippen molar-refractivity contribution in [3.8, 4) is 0 Å². The number of hydrogen-bond acceptors (Lipinski definition) is 2. The van der Waals surface area contributed by atoms with Crippen molar-refractivity contribution in [1.29, 1.82) is 5.41 Å². The van der Waals surface area contributed by atoms with E-state index in [2.05, 4.69) is 40.1 Å². The normalized spacial score (nSPS) is 22.4. The summed E-state index contributed by atoms with van der Waals surface area (Å²) < 4.78 is 0. The Morgan fingerprint density at radius 3 is 2.35 bits per heavy atom. The van der Waals surface area contributed by atoms with Crippen LogP contribution in [0, 0.1) is 10.8 Å². The maximum atomic E-state index is 7.80. The molecule has 2 heterocycles. The van der Waals surface area contributed by atoms with Crippen LogP contribution in [0.25, 0.3) is 0 Å². The summed E-state index contributed by atoms with van der Waals surface area (Å²) in [4.78, 5) is 4.84. The summed E-state index contributed by atoms with van der Waals surface area (Å²) in [5, 5.41) is 7.80. The molecule has 2 saturated heterocycles. The van der Waals surface area contributed by atoms with Crippen LogP contribution in [0.2, 0.25) is 0 Å². The molecule has 3 rings (SSSR count). The van der Waals surface area contributed by atoms with Crippen molar-refractivity contribution in [2.24, 2.45) is 5.41 Å². The zero-order chi connectivity index (χ0) is 14.0. The van der Waals surface area contributed by atoms with Crippen LogP contribution in [0.4, 0.5) is 0 Å². The van der Waals surface area contributed by atoms with Crippen molar-refractivity contribution in [2.45, 2.75) is 32.7 Å². The van der Waals surface area contributed by atoms with Crippen LogP contribution >= 0.6 is 0 Å². The zero-order valence-corrected chi connectivity index (χ0v) is 12.4. The molecule has 0 saturated carbocycles. The fourth-order valence-electron chi connectivity index (χ4n) is 3.66. The molecule has 0 aliphatic carbocycles. The summed E-state index contributed by atoms with van der Waals surface area (Å²) in [6.45, 7) is 7.63. The molecule has 3 heteroatoms. The Morgan fingerprint density at radius 2 is 1.75 bits per heavy atom. The highest BCUT2D eigenvalue weighted by Gasteiger charge is 2.40. The Morgan fingerprint density at radius 1 is 1.10 bits per heavy atom. The summed E-state index contributed by atoms with van der Waals surface area (Å²) in [5.74, 6) is 0.744. The van der Waals surface area contributed by atoms with Gasteiger partial charge in [-0.05, 0) is 50.3 Å². The van der Waals surface area contributed by atoms with Gasteiger partial charge in [0.2, 0.25) is 0 Å². The van der Waals surface area contributed by atoms with Crippen molar-refractivity contribution in [3.05, 3.63) is 35.9 Å². The van der Waals surface area contributed by atoms with E-state index in [0.29, 0.717) is 5.41 Å². The summed E-state index contributed by atoms with van der Waals surface area (Å²) in [6.07, 6.45) is 3.87. The van der Waals surface area contributed by atoms with Gasteiger partial charge in [0, 0.05) is 19.6 Å². The molecule has 108 valence electrons. The van der Waals surface area contributed by atoms with Gasteiger partial charge in [0.15, 0.2) is 0 Å². The first kappa shape index (κ1) is 13.6. The fourth-order valence-corrected chi connectivity index (χ4v) is 3.66. The molecule has 0 amide bonds. The maximum absolute atomic E-state index is 7.80. The van der Waals surface area contributed by atoms with Gasteiger partial charge in [-0.2, -0.15) is 0 Å². The first-order valence-corrected chi connectivity index (χ1v) is 7.73. The molecule has 0 aromatic heterocycles. The van der Waals surface area contributed by atoms with Gasteiger partial charge in [0.1, 0.15) is 0 Å².